The number of rotatable bonds is 10. The second-order valence-corrected chi connectivity index (χ2v) is 8.63. The molecule has 0 aliphatic heterocycles. The van der Waals surface area contributed by atoms with Crippen LogP contribution in [0.2, 0.25) is 10.0 Å². The molecule has 2 amide bonds. The molecule has 4 nitrogen and oxygen atoms in total. The Hall–Kier alpha value is -1.69. The van der Waals surface area contributed by atoms with Crippen molar-refractivity contribution in [1.29, 1.82) is 0 Å². The van der Waals surface area contributed by atoms with E-state index in [4.69, 9.17) is 23.2 Å². The number of carbonyl (C=O) groups is 2. The van der Waals surface area contributed by atoms with Crippen molar-refractivity contribution >= 4 is 46.8 Å². The monoisotopic (exact) mass is 452 g/mol. The summed E-state index contributed by atoms with van der Waals surface area (Å²) >= 11 is 13.6. The summed E-state index contributed by atoms with van der Waals surface area (Å²) in [7, 11) is 1.60. The molecule has 0 aliphatic rings. The summed E-state index contributed by atoms with van der Waals surface area (Å²) in [5, 5.41) is 4.02. The maximum Gasteiger partial charge on any atom is 0.242 e. The molecule has 2 aromatic carbocycles. The highest BCUT2D eigenvalue weighted by Gasteiger charge is 2.27. The van der Waals surface area contributed by atoms with Gasteiger partial charge in [0.1, 0.15) is 6.04 Å². The molecule has 156 valence electrons. The van der Waals surface area contributed by atoms with Crippen LogP contribution in [0.4, 0.5) is 0 Å². The molecule has 0 aliphatic carbocycles. The van der Waals surface area contributed by atoms with Crippen molar-refractivity contribution in [3.8, 4) is 0 Å². The summed E-state index contributed by atoms with van der Waals surface area (Å²) in [4.78, 5) is 28.1. The Balaban J connectivity index is 1.99. The van der Waals surface area contributed by atoms with E-state index in [1.807, 2.05) is 43.3 Å². The fourth-order valence-corrected chi connectivity index (χ4v) is 4.07. The van der Waals surface area contributed by atoms with Crippen LogP contribution in [0.15, 0.2) is 53.4 Å². The van der Waals surface area contributed by atoms with Gasteiger partial charge in [0.2, 0.25) is 11.8 Å². The molecule has 7 heteroatoms. The predicted octanol–water partition coefficient (Wildman–Crippen LogP) is 5.42. The zero-order valence-corrected chi connectivity index (χ0v) is 19.0. The Morgan fingerprint density at radius 2 is 1.62 bits per heavy atom. The lowest BCUT2D eigenvalue weighted by molar-refractivity contribution is -0.141. The molecule has 0 heterocycles. The van der Waals surface area contributed by atoms with Gasteiger partial charge >= 0.3 is 0 Å². The van der Waals surface area contributed by atoms with Gasteiger partial charge < -0.3 is 10.2 Å². The van der Waals surface area contributed by atoms with Crippen molar-refractivity contribution in [2.75, 3.05) is 12.8 Å². The Morgan fingerprint density at radius 1 is 1.03 bits per heavy atom. The molecule has 1 atom stereocenters. The van der Waals surface area contributed by atoms with Crippen LogP contribution < -0.4 is 5.32 Å². The van der Waals surface area contributed by atoms with Crippen LogP contribution in [-0.2, 0) is 16.1 Å². The summed E-state index contributed by atoms with van der Waals surface area (Å²) in [6.07, 6.45) is 1.67. The lowest BCUT2D eigenvalue weighted by Crippen LogP contribution is -2.48. The summed E-state index contributed by atoms with van der Waals surface area (Å²) in [6.45, 7) is 2.30. The number of hydrogen-bond donors (Lipinski definition) is 1. The average molecular weight is 453 g/mol. The van der Waals surface area contributed by atoms with E-state index in [-0.39, 0.29) is 11.8 Å². The Morgan fingerprint density at radius 3 is 2.17 bits per heavy atom. The minimum Gasteiger partial charge on any atom is -0.357 e. The molecule has 0 unspecified atom stereocenters. The quantitative estimate of drug-likeness (QED) is 0.386. The highest BCUT2D eigenvalue weighted by atomic mass is 35.5. The molecule has 0 bridgehead atoms. The number of carbonyl (C=O) groups excluding carboxylic acids is 2. The van der Waals surface area contributed by atoms with Crippen LogP contribution in [-0.4, -0.2) is 35.6 Å². The molecule has 0 fully saturated rings. The van der Waals surface area contributed by atoms with E-state index < -0.39 is 6.04 Å². The predicted molar refractivity (Wildman–Crippen MR) is 122 cm³/mol. The minimum atomic E-state index is -0.493. The van der Waals surface area contributed by atoms with Crippen LogP contribution in [0, 0.1) is 0 Å². The van der Waals surface area contributed by atoms with Gasteiger partial charge in [-0.3, -0.25) is 9.59 Å². The van der Waals surface area contributed by atoms with Crippen LogP contribution in [0.3, 0.4) is 0 Å². The number of amides is 2. The first-order valence-electron chi connectivity index (χ1n) is 9.58. The first kappa shape index (κ1) is 23.6. The lowest BCUT2D eigenvalue weighted by Gasteiger charge is -2.30. The maximum absolute atomic E-state index is 13.0. The normalized spacial score (nSPS) is 11.7. The van der Waals surface area contributed by atoms with E-state index in [9.17, 15) is 9.59 Å². The van der Waals surface area contributed by atoms with Gasteiger partial charge in [-0.2, -0.15) is 0 Å². The standard InChI is InChI=1S/C22H26Cl2N2O2S/c1-3-20(22(28)25-2)26(15-16-6-8-17(23)9-7-16)21(27)5-4-14-29-19-12-10-18(24)11-13-19/h6-13,20H,3-5,14-15H2,1-2H3,(H,25,28)/t20-/m1/s1. The number of nitrogens with one attached hydrogen (secondary N) is 1. The van der Waals surface area contributed by atoms with Crippen molar-refractivity contribution in [3.05, 3.63) is 64.1 Å². The van der Waals surface area contributed by atoms with Gasteiger partial charge in [0.15, 0.2) is 0 Å². The molecule has 0 spiro atoms. The van der Waals surface area contributed by atoms with Crippen molar-refractivity contribution < 1.29 is 9.59 Å². The molecule has 0 aromatic heterocycles. The SMILES string of the molecule is CC[C@H](C(=O)NC)N(Cc1ccc(Cl)cc1)C(=O)CCCSc1ccc(Cl)cc1. The molecule has 0 saturated heterocycles. The molecule has 0 radical (unpaired) electrons. The summed E-state index contributed by atoms with van der Waals surface area (Å²) in [5.74, 6) is 0.649. The van der Waals surface area contributed by atoms with Gasteiger partial charge in [0, 0.05) is 35.0 Å². The number of nitrogens with zero attached hydrogens (tertiary/aromatic N) is 1. The lowest BCUT2D eigenvalue weighted by atomic mass is 10.1. The number of benzene rings is 2. The highest BCUT2D eigenvalue weighted by Crippen LogP contribution is 2.22. The number of halogens is 2. The van der Waals surface area contributed by atoms with Crippen molar-refractivity contribution in [2.24, 2.45) is 0 Å². The summed E-state index contributed by atoms with van der Waals surface area (Å²) in [5.41, 5.74) is 0.945. The second-order valence-electron chi connectivity index (χ2n) is 6.59. The molecule has 29 heavy (non-hydrogen) atoms. The van der Waals surface area contributed by atoms with E-state index >= 15 is 0 Å². The van der Waals surface area contributed by atoms with Crippen molar-refractivity contribution in [2.45, 2.75) is 43.7 Å². The third-order valence-corrected chi connectivity index (χ3v) is 6.12. The summed E-state index contributed by atoms with van der Waals surface area (Å²) < 4.78 is 0. The summed E-state index contributed by atoms with van der Waals surface area (Å²) in [6, 6.07) is 14.5. The van der Waals surface area contributed by atoms with Gasteiger partial charge in [-0.15, -0.1) is 11.8 Å². The molecule has 1 N–H and O–H groups in total. The van der Waals surface area contributed by atoms with E-state index in [0.717, 1.165) is 22.6 Å². The van der Waals surface area contributed by atoms with Crippen LogP contribution in [0.25, 0.3) is 0 Å². The molecule has 2 aromatic rings. The molecule has 2 rings (SSSR count). The van der Waals surface area contributed by atoms with E-state index in [1.165, 1.54) is 0 Å². The number of thioether (sulfide) groups is 1. The first-order chi connectivity index (χ1) is 13.9. The average Bonchev–Trinajstić information content (AvgIpc) is 2.73. The van der Waals surface area contributed by atoms with E-state index in [0.29, 0.717) is 29.4 Å². The van der Waals surface area contributed by atoms with Crippen LogP contribution >= 0.6 is 35.0 Å². The van der Waals surface area contributed by atoms with E-state index in [2.05, 4.69) is 5.32 Å². The third kappa shape index (κ3) is 7.57. The van der Waals surface area contributed by atoms with Gasteiger partial charge in [0.05, 0.1) is 0 Å². The van der Waals surface area contributed by atoms with Crippen LogP contribution in [0.5, 0.6) is 0 Å². The third-order valence-electron chi connectivity index (χ3n) is 4.52. The molecular formula is C22H26Cl2N2O2S. The van der Waals surface area contributed by atoms with Gasteiger partial charge in [-0.05, 0) is 60.6 Å². The van der Waals surface area contributed by atoms with Crippen molar-refractivity contribution in [1.82, 2.24) is 10.2 Å². The number of likely N-dealkylation sites (N-methyl/N-ethyl adjacent to an activating group) is 1. The maximum atomic E-state index is 13.0. The zero-order chi connectivity index (χ0) is 21.2. The number of hydrogen-bond acceptors (Lipinski definition) is 3. The smallest absolute Gasteiger partial charge is 0.242 e. The van der Waals surface area contributed by atoms with Gasteiger partial charge in [-0.25, -0.2) is 0 Å². The Kier molecular flexibility index (Phi) is 9.85. The van der Waals surface area contributed by atoms with Crippen molar-refractivity contribution in [3.63, 3.8) is 0 Å². The van der Waals surface area contributed by atoms with Gasteiger partial charge in [-0.1, -0.05) is 42.3 Å². The fraction of sp³-hybridized carbons (Fsp3) is 0.364. The molecule has 0 saturated carbocycles. The largest absolute Gasteiger partial charge is 0.357 e. The highest BCUT2D eigenvalue weighted by molar-refractivity contribution is 7.99. The van der Waals surface area contributed by atoms with Crippen LogP contribution in [0.1, 0.15) is 31.7 Å². The fourth-order valence-electron chi connectivity index (χ4n) is 2.96. The topological polar surface area (TPSA) is 49.4 Å². The molecular weight excluding hydrogens is 427 g/mol. The minimum absolute atomic E-state index is 0.0212. The van der Waals surface area contributed by atoms with E-state index in [1.54, 1.807) is 35.8 Å². The zero-order valence-electron chi connectivity index (χ0n) is 16.7. The Bertz CT molecular complexity index is 797. The second kappa shape index (κ2) is 12.1. The van der Waals surface area contributed by atoms with Gasteiger partial charge in [0.25, 0.3) is 0 Å². The Labute approximate surface area is 187 Å². The first-order valence-corrected chi connectivity index (χ1v) is 11.3.